The fourth-order valence-corrected chi connectivity index (χ4v) is 2.33. The van der Waals surface area contributed by atoms with E-state index in [1.54, 1.807) is 0 Å². The number of carbonyl (C=O) groups excluding carboxylic acids is 1. The van der Waals surface area contributed by atoms with Gasteiger partial charge < -0.3 is 20.9 Å². The van der Waals surface area contributed by atoms with Gasteiger partial charge in [0.25, 0.3) is 0 Å². The van der Waals surface area contributed by atoms with Gasteiger partial charge in [0.1, 0.15) is 17.5 Å². The number of benzene rings is 2. The Hall–Kier alpha value is -2.68. The Morgan fingerprint density at radius 1 is 1.20 bits per heavy atom. The summed E-state index contributed by atoms with van der Waals surface area (Å²) >= 11 is 3.07. The van der Waals surface area contributed by atoms with Crippen LogP contribution in [0.2, 0.25) is 0 Å². The SMILES string of the molecule is NC(=O)CC(Nc1ccc(Oc2cc(F)c(F)cc2Br)cc1)C(=O)O. The normalized spacial score (nSPS) is 11.6. The van der Waals surface area contributed by atoms with E-state index in [9.17, 15) is 18.4 Å². The van der Waals surface area contributed by atoms with Crippen molar-refractivity contribution in [2.24, 2.45) is 5.73 Å². The second-order valence-corrected chi connectivity index (χ2v) is 5.88. The second-order valence-electron chi connectivity index (χ2n) is 5.03. The molecule has 25 heavy (non-hydrogen) atoms. The summed E-state index contributed by atoms with van der Waals surface area (Å²) in [5, 5.41) is 11.7. The van der Waals surface area contributed by atoms with Gasteiger partial charge >= 0.3 is 5.97 Å². The van der Waals surface area contributed by atoms with Crippen LogP contribution >= 0.6 is 15.9 Å². The number of carboxylic acid groups (broad SMARTS) is 1. The number of hydrogen-bond donors (Lipinski definition) is 3. The maximum atomic E-state index is 13.3. The summed E-state index contributed by atoms with van der Waals surface area (Å²) in [6.07, 6.45) is -0.366. The van der Waals surface area contributed by atoms with E-state index in [4.69, 9.17) is 15.6 Å². The summed E-state index contributed by atoms with van der Waals surface area (Å²) < 4.78 is 32.0. The fraction of sp³-hybridized carbons (Fsp3) is 0.125. The molecule has 0 spiro atoms. The monoisotopic (exact) mass is 414 g/mol. The molecule has 0 aromatic heterocycles. The highest BCUT2D eigenvalue weighted by molar-refractivity contribution is 9.10. The van der Waals surface area contributed by atoms with Crippen molar-refractivity contribution in [3.8, 4) is 11.5 Å². The number of carboxylic acids is 1. The Bertz CT molecular complexity index is 799. The molecule has 6 nitrogen and oxygen atoms in total. The Labute approximate surface area is 149 Å². The predicted octanol–water partition coefficient (Wildman–Crippen LogP) is 3.26. The fourth-order valence-electron chi connectivity index (χ4n) is 1.93. The van der Waals surface area contributed by atoms with Gasteiger partial charge in [-0.2, -0.15) is 0 Å². The van der Waals surface area contributed by atoms with Crippen LogP contribution in [0.25, 0.3) is 0 Å². The lowest BCUT2D eigenvalue weighted by atomic mass is 10.2. The summed E-state index contributed by atoms with van der Waals surface area (Å²) in [5.74, 6) is -3.62. The molecule has 1 atom stereocenters. The van der Waals surface area contributed by atoms with Gasteiger partial charge in [-0.1, -0.05) is 0 Å². The number of ether oxygens (including phenoxy) is 1. The largest absolute Gasteiger partial charge is 0.480 e. The molecular weight excluding hydrogens is 402 g/mol. The minimum absolute atomic E-state index is 0.0803. The molecular formula is C16H13BrF2N2O4. The molecule has 2 aromatic rings. The number of nitrogens with two attached hydrogens (primary N) is 1. The topological polar surface area (TPSA) is 102 Å². The standard InChI is InChI=1S/C16H13BrF2N2O4/c17-10-5-11(18)12(19)6-14(10)25-9-3-1-8(2-4-9)21-13(16(23)24)7-15(20)22/h1-6,13,21H,7H2,(H2,20,22)(H,23,24). The molecule has 2 aromatic carbocycles. The molecule has 4 N–H and O–H groups in total. The average Bonchev–Trinajstić information content (AvgIpc) is 2.53. The van der Waals surface area contributed by atoms with Crippen molar-refractivity contribution in [1.29, 1.82) is 0 Å². The number of halogens is 3. The number of hydrogen-bond acceptors (Lipinski definition) is 4. The van der Waals surface area contributed by atoms with Crippen molar-refractivity contribution in [1.82, 2.24) is 0 Å². The van der Waals surface area contributed by atoms with E-state index >= 15 is 0 Å². The van der Waals surface area contributed by atoms with Crippen LogP contribution in [-0.4, -0.2) is 23.0 Å². The minimum Gasteiger partial charge on any atom is -0.480 e. The third kappa shape index (κ3) is 5.15. The number of rotatable bonds is 7. The van der Waals surface area contributed by atoms with E-state index in [1.165, 1.54) is 24.3 Å². The van der Waals surface area contributed by atoms with Crippen LogP contribution in [0.1, 0.15) is 6.42 Å². The predicted molar refractivity (Wildman–Crippen MR) is 89.4 cm³/mol. The first-order valence-electron chi connectivity index (χ1n) is 6.96. The van der Waals surface area contributed by atoms with Crippen LogP contribution < -0.4 is 15.8 Å². The maximum Gasteiger partial charge on any atom is 0.326 e. The van der Waals surface area contributed by atoms with Crippen LogP contribution in [0, 0.1) is 11.6 Å². The van der Waals surface area contributed by atoms with Gasteiger partial charge in [-0.25, -0.2) is 13.6 Å². The number of nitrogens with one attached hydrogen (secondary N) is 1. The van der Waals surface area contributed by atoms with Gasteiger partial charge in [0.2, 0.25) is 5.91 Å². The van der Waals surface area contributed by atoms with Crippen LogP contribution in [0.5, 0.6) is 11.5 Å². The number of amides is 1. The Morgan fingerprint density at radius 3 is 2.36 bits per heavy atom. The number of primary amides is 1. The molecule has 1 unspecified atom stereocenters. The third-order valence-corrected chi connectivity index (χ3v) is 3.72. The van der Waals surface area contributed by atoms with E-state index < -0.39 is 29.6 Å². The van der Waals surface area contributed by atoms with E-state index in [1.807, 2.05) is 0 Å². The van der Waals surface area contributed by atoms with E-state index in [2.05, 4.69) is 21.2 Å². The van der Waals surface area contributed by atoms with Gasteiger partial charge in [-0.15, -0.1) is 0 Å². The van der Waals surface area contributed by atoms with Gasteiger partial charge in [0.15, 0.2) is 11.6 Å². The van der Waals surface area contributed by atoms with Crippen molar-refractivity contribution in [2.45, 2.75) is 12.5 Å². The smallest absolute Gasteiger partial charge is 0.326 e. The summed E-state index contributed by atoms with van der Waals surface area (Å²) in [5.41, 5.74) is 5.43. The van der Waals surface area contributed by atoms with Crippen molar-refractivity contribution in [3.05, 3.63) is 52.5 Å². The molecule has 0 saturated carbocycles. The highest BCUT2D eigenvalue weighted by Gasteiger charge is 2.19. The van der Waals surface area contributed by atoms with Crippen molar-refractivity contribution in [2.75, 3.05) is 5.32 Å². The molecule has 0 aliphatic heterocycles. The summed E-state index contributed by atoms with van der Waals surface area (Å²) in [6.45, 7) is 0. The van der Waals surface area contributed by atoms with E-state index in [0.29, 0.717) is 11.4 Å². The molecule has 0 fully saturated rings. The molecule has 0 aliphatic carbocycles. The Kier molecular flexibility index (Phi) is 5.92. The van der Waals surface area contributed by atoms with Gasteiger partial charge in [0, 0.05) is 11.8 Å². The third-order valence-electron chi connectivity index (χ3n) is 3.10. The Morgan fingerprint density at radius 2 is 1.80 bits per heavy atom. The maximum absolute atomic E-state index is 13.3. The highest BCUT2D eigenvalue weighted by atomic mass is 79.9. The van der Waals surface area contributed by atoms with Crippen LogP contribution in [0.15, 0.2) is 40.9 Å². The Balaban J connectivity index is 2.10. The molecule has 132 valence electrons. The first kappa shape index (κ1) is 18.7. The molecule has 0 aliphatic rings. The lowest BCUT2D eigenvalue weighted by Gasteiger charge is -2.15. The molecule has 2 rings (SSSR count). The number of anilines is 1. The average molecular weight is 415 g/mol. The van der Waals surface area contributed by atoms with Crippen LogP contribution in [0.4, 0.5) is 14.5 Å². The molecule has 9 heteroatoms. The highest BCUT2D eigenvalue weighted by Crippen LogP contribution is 2.32. The summed E-state index contributed by atoms with van der Waals surface area (Å²) in [7, 11) is 0. The van der Waals surface area contributed by atoms with Gasteiger partial charge in [-0.3, -0.25) is 4.79 Å². The van der Waals surface area contributed by atoms with E-state index in [0.717, 1.165) is 12.1 Å². The molecule has 0 bridgehead atoms. The lowest BCUT2D eigenvalue weighted by Crippen LogP contribution is -2.33. The lowest BCUT2D eigenvalue weighted by molar-refractivity contribution is -0.139. The van der Waals surface area contributed by atoms with Gasteiger partial charge in [-0.05, 0) is 46.3 Å². The molecule has 1 amide bonds. The zero-order valence-electron chi connectivity index (χ0n) is 12.6. The van der Waals surface area contributed by atoms with Crippen molar-refractivity contribution >= 4 is 33.5 Å². The van der Waals surface area contributed by atoms with E-state index in [-0.39, 0.29) is 16.6 Å². The molecule has 0 heterocycles. The summed E-state index contributed by atoms with van der Waals surface area (Å²) in [4.78, 5) is 22.0. The van der Waals surface area contributed by atoms with Gasteiger partial charge in [0.05, 0.1) is 10.9 Å². The quantitative estimate of drug-likeness (QED) is 0.603. The van der Waals surface area contributed by atoms with Crippen molar-refractivity contribution < 1.29 is 28.2 Å². The van der Waals surface area contributed by atoms with Crippen LogP contribution in [0.3, 0.4) is 0 Å². The second kappa shape index (κ2) is 7.93. The number of aliphatic carboxylic acids is 1. The number of carbonyl (C=O) groups is 2. The van der Waals surface area contributed by atoms with Crippen molar-refractivity contribution in [3.63, 3.8) is 0 Å². The first-order valence-corrected chi connectivity index (χ1v) is 7.75. The molecule has 0 saturated heterocycles. The molecule has 0 radical (unpaired) electrons. The summed E-state index contributed by atoms with van der Waals surface area (Å²) in [6, 6.07) is 6.71. The zero-order chi connectivity index (χ0) is 18.6. The first-order chi connectivity index (χ1) is 11.8. The van der Waals surface area contributed by atoms with Crippen LogP contribution in [-0.2, 0) is 9.59 Å². The minimum atomic E-state index is -1.22. The zero-order valence-corrected chi connectivity index (χ0v) is 14.2.